The standard InChI is InChI=1S/C32H29NO2/c1-18-14-20(17-33)15-19(2)28(18)21-10-11-22-25-12-13-26(30-34-31(3,4)32(5,6)35-30)23-8-7-9-24(29(23)25)27(22)16-21/h7-16,30H,1-6H3. The molecule has 0 spiro atoms. The first-order valence-corrected chi connectivity index (χ1v) is 12.2. The van der Waals surface area contributed by atoms with E-state index in [0.29, 0.717) is 5.56 Å². The van der Waals surface area contributed by atoms with E-state index < -0.39 is 6.29 Å². The number of aryl methyl sites for hydroxylation is 2. The second-order valence-electron chi connectivity index (χ2n) is 10.9. The highest BCUT2D eigenvalue weighted by Gasteiger charge is 2.50. The number of hydrogen-bond donors (Lipinski definition) is 0. The van der Waals surface area contributed by atoms with Gasteiger partial charge in [-0.25, -0.2) is 0 Å². The minimum Gasteiger partial charge on any atom is -0.339 e. The van der Waals surface area contributed by atoms with E-state index in [1.54, 1.807) is 0 Å². The molecule has 1 fully saturated rings. The Morgan fingerprint density at radius 1 is 0.743 bits per heavy atom. The van der Waals surface area contributed by atoms with Crippen LogP contribution in [0.15, 0.2) is 60.7 Å². The Bertz CT molecular complexity index is 1550. The third kappa shape index (κ3) is 3.11. The molecular weight excluding hydrogens is 430 g/mol. The summed E-state index contributed by atoms with van der Waals surface area (Å²) in [6, 6.07) is 23.9. The molecule has 0 atom stereocenters. The fourth-order valence-electron chi connectivity index (χ4n) is 5.69. The van der Waals surface area contributed by atoms with Crippen molar-refractivity contribution in [3.63, 3.8) is 0 Å². The lowest BCUT2D eigenvalue weighted by Gasteiger charge is -2.30. The van der Waals surface area contributed by atoms with Gasteiger partial charge in [0.2, 0.25) is 0 Å². The van der Waals surface area contributed by atoms with Crippen molar-refractivity contribution in [3.05, 3.63) is 82.9 Å². The highest BCUT2D eigenvalue weighted by atomic mass is 16.7. The van der Waals surface area contributed by atoms with E-state index in [1.165, 1.54) is 44.2 Å². The molecule has 0 radical (unpaired) electrons. The lowest BCUT2D eigenvalue weighted by Crippen LogP contribution is -2.41. The van der Waals surface area contributed by atoms with E-state index in [9.17, 15) is 5.26 Å². The summed E-state index contributed by atoms with van der Waals surface area (Å²) < 4.78 is 12.8. The number of ether oxygens (including phenoxy) is 2. The number of rotatable bonds is 2. The molecule has 4 aromatic rings. The normalized spacial score (nSPS) is 17.5. The van der Waals surface area contributed by atoms with Crippen LogP contribution in [0.5, 0.6) is 0 Å². The number of benzene rings is 4. The summed E-state index contributed by atoms with van der Waals surface area (Å²) in [6.07, 6.45) is -0.396. The van der Waals surface area contributed by atoms with Gasteiger partial charge in [0.15, 0.2) is 6.29 Å². The first-order chi connectivity index (χ1) is 16.6. The van der Waals surface area contributed by atoms with Gasteiger partial charge in [-0.1, -0.05) is 42.5 Å². The van der Waals surface area contributed by atoms with E-state index >= 15 is 0 Å². The van der Waals surface area contributed by atoms with Crippen molar-refractivity contribution < 1.29 is 9.47 Å². The zero-order chi connectivity index (χ0) is 24.7. The van der Waals surface area contributed by atoms with Crippen LogP contribution in [0.25, 0.3) is 44.2 Å². The summed E-state index contributed by atoms with van der Waals surface area (Å²) in [7, 11) is 0. The lowest BCUT2D eigenvalue weighted by molar-refractivity contribution is -0.0885. The molecule has 3 heteroatoms. The maximum atomic E-state index is 9.35. The molecule has 174 valence electrons. The van der Waals surface area contributed by atoms with Crippen molar-refractivity contribution in [2.75, 3.05) is 0 Å². The Hall–Kier alpha value is -3.45. The Labute approximate surface area is 206 Å². The van der Waals surface area contributed by atoms with E-state index in [4.69, 9.17) is 9.47 Å². The fraction of sp³-hybridized carbons (Fsp3) is 0.281. The van der Waals surface area contributed by atoms with Gasteiger partial charge in [0.25, 0.3) is 0 Å². The average molecular weight is 460 g/mol. The van der Waals surface area contributed by atoms with Crippen molar-refractivity contribution in [1.82, 2.24) is 0 Å². The zero-order valence-corrected chi connectivity index (χ0v) is 21.1. The van der Waals surface area contributed by atoms with Crippen LogP contribution in [0.2, 0.25) is 0 Å². The molecule has 1 saturated heterocycles. The molecule has 0 bridgehead atoms. The summed E-state index contributed by atoms with van der Waals surface area (Å²) in [5.41, 5.74) is 10.7. The number of fused-ring (bicyclic) bond motifs is 3. The maximum Gasteiger partial charge on any atom is 0.185 e. The van der Waals surface area contributed by atoms with Gasteiger partial charge in [-0.2, -0.15) is 5.26 Å². The second kappa shape index (κ2) is 7.28. The van der Waals surface area contributed by atoms with Gasteiger partial charge >= 0.3 is 0 Å². The molecule has 0 saturated carbocycles. The Balaban J connectivity index is 1.51. The van der Waals surface area contributed by atoms with Crippen LogP contribution in [0.3, 0.4) is 0 Å². The summed E-state index contributed by atoms with van der Waals surface area (Å²) in [4.78, 5) is 0. The lowest BCUT2D eigenvalue weighted by atomic mass is 9.90. The molecule has 0 amide bonds. The van der Waals surface area contributed by atoms with Gasteiger partial charge in [-0.3, -0.25) is 0 Å². The second-order valence-corrected chi connectivity index (χ2v) is 10.9. The molecule has 6 rings (SSSR count). The number of hydrogen-bond acceptors (Lipinski definition) is 3. The van der Waals surface area contributed by atoms with Gasteiger partial charge < -0.3 is 9.47 Å². The van der Waals surface area contributed by atoms with Gasteiger partial charge in [-0.15, -0.1) is 0 Å². The molecule has 4 aromatic carbocycles. The Kier molecular flexibility index (Phi) is 4.58. The molecule has 1 aliphatic heterocycles. The monoisotopic (exact) mass is 459 g/mol. The van der Waals surface area contributed by atoms with Crippen molar-refractivity contribution in [2.45, 2.75) is 59.0 Å². The summed E-state index contributed by atoms with van der Waals surface area (Å²) in [6.45, 7) is 12.6. The minimum absolute atomic E-state index is 0.380. The maximum absolute atomic E-state index is 9.35. The molecule has 0 unspecified atom stereocenters. The van der Waals surface area contributed by atoms with Gasteiger partial charge in [0, 0.05) is 5.56 Å². The largest absolute Gasteiger partial charge is 0.339 e. The zero-order valence-electron chi connectivity index (χ0n) is 21.1. The van der Waals surface area contributed by atoms with Crippen LogP contribution >= 0.6 is 0 Å². The predicted molar refractivity (Wildman–Crippen MR) is 141 cm³/mol. The first kappa shape index (κ1) is 22.0. The van der Waals surface area contributed by atoms with Crippen molar-refractivity contribution in [3.8, 4) is 39.4 Å². The molecule has 0 N–H and O–H groups in total. The van der Waals surface area contributed by atoms with Crippen LogP contribution in [-0.2, 0) is 9.47 Å². The molecule has 2 aliphatic rings. The van der Waals surface area contributed by atoms with Crippen molar-refractivity contribution in [2.24, 2.45) is 0 Å². The van der Waals surface area contributed by atoms with Crippen LogP contribution in [0, 0.1) is 25.2 Å². The third-order valence-electron chi connectivity index (χ3n) is 8.13. The van der Waals surface area contributed by atoms with E-state index in [-0.39, 0.29) is 11.2 Å². The summed E-state index contributed by atoms with van der Waals surface area (Å²) >= 11 is 0. The number of nitrogens with zero attached hydrogens (tertiary/aromatic N) is 1. The summed E-state index contributed by atoms with van der Waals surface area (Å²) in [5, 5.41) is 11.8. The van der Waals surface area contributed by atoms with Crippen molar-refractivity contribution in [1.29, 1.82) is 5.26 Å². The quantitative estimate of drug-likeness (QED) is 0.267. The summed E-state index contributed by atoms with van der Waals surface area (Å²) in [5.74, 6) is 0. The predicted octanol–water partition coefficient (Wildman–Crippen LogP) is 8.25. The van der Waals surface area contributed by atoms with Crippen molar-refractivity contribution >= 4 is 10.8 Å². The first-order valence-electron chi connectivity index (χ1n) is 12.2. The van der Waals surface area contributed by atoms with Gasteiger partial charge in [-0.05, 0) is 115 Å². The smallest absolute Gasteiger partial charge is 0.185 e. The number of nitriles is 1. The van der Waals surface area contributed by atoms with Gasteiger partial charge in [0.05, 0.1) is 22.8 Å². The van der Waals surface area contributed by atoms with Crippen LogP contribution in [0.4, 0.5) is 0 Å². The van der Waals surface area contributed by atoms with Crippen LogP contribution in [0.1, 0.15) is 56.2 Å². The Morgan fingerprint density at radius 3 is 2.03 bits per heavy atom. The van der Waals surface area contributed by atoms with E-state index in [0.717, 1.165) is 16.7 Å². The highest BCUT2D eigenvalue weighted by Crippen LogP contribution is 2.52. The molecule has 35 heavy (non-hydrogen) atoms. The van der Waals surface area contributed by atoms with E-state index in [2.05, 4.69) is 96.1 Å². The minimum atomic E-state index is -0.396. The fourth-order valence-corrected chi connectivity index (χ4v) is 5.69. The third-order valence-corrected chi connectivity index (χ3v) is 8.13. The van der Waals surface area contributed by atoms with Crippen LogP contribution in [-0.4, -0.2) is 11.2 Å². The van der Waals surface area contributed by atoms with Gasteiger partial charge in [0.1, 0.15) is 0 Å². The SMILES string of the molecule is Cc1cc(C#N)cc(C)c1-c1ccc2c(c1)-c1cccc3c(C4OC(C)(C)C(C)(C)O4)ccc-2c13. The molecule has 0 aromatic heterocycles. The molecule has 3 nitrogen and oxygen atoms in total. The van der Waals surface area contributed by atoms with E-state index in [1.807, 2.05) is 12.1 Å². The molecule has 1 aliphatic carbocycles. The van der Waals surface area contributed by atoms with Crippen LogP contribution < -0.4 is 0 Å². The molecular formula is C32H29NO2. The molecule has 1 heterocycles. The Morgan fingerprint density at radius 2 is 1.37 bits per heavy atom. The topological polar surface area (TPSA) is 42.2 Å². The highest BCUT2D eigenvalue weighted by molar-refractivity contribution is 6.16. The average Bonchev–Trinajstić information content (AvgIpc) is 3.24.